The Bertz CT molecular complexity index is 926. The molecule has 2 aromatic rings. The predicted molar refractivity (Wildman–Crippen MR) is 123 cm³/mol. The third-order valence-corrected chi connectivity index (χ3v) is 6.13. The molecule has 0 bridgehead atoms. The number of benzene rings is 2. The van der Waals surface area contributed by atoms with Gasteiger partial charge in [0.25, 0.3) is 5.69 Å². The van der Waals surface area contributed by atoms with E-state index in [4.69, 9.17) is 0 Å². The van der Waals surface area contributed by atoms with E-state index in [0.717, 1.165) is 31.2 Å². The van der Waals surface area contributed by atoms with Gasteiger partial charge in [-0.05, 0) is 31.7 Å². The minimum Gasteiger partial charge on any atom is -0.352 e. The van der Waals surface area contributed by atoms with Gasteiger partial charge >= 0.3 is 0 Å². The molecule has 0 heterocycles. The van der Waals surface area contributed by atoms with E-state index >= 15 is 0 Å². The molecular formula is C25H31N3O4. The summed E-state index contributed by atoms with van der Waals surface area (Å²) in [5, 5.41) is 14.5. The van der Waals surface area contributed by atoms with Crippen LogP contribution in [0.25, 0.3) is 0 Å². The molecule has 1 aliphatic carbocycles. The lowest BCUT2D eigenvalue weighted by molar-refractivity contribution is -0.385. The smallest absolute Gasteiger partial charge is 0.273 e. The first kappa shape index (κ1) is 23.4. The van der Waals surface area contributed by atoms with Crippen LogP contribution in [0.4, 0.5) is 5.69 Å². The van der Waals surface area contributed by atoms with E-state index in [2.05, 4.69) is 5.32 Å². The molecule has 170 valence electrons. The highest BCUT2D eigenvalue weighted by Gasteiger charge is 2.29. The van der Waals surface area contributed by atoms with E-state index in [1.165, 1.54) is 12.5 Å². The topological polar surface area (TPSA) is 92.6 Å². The number of hydrogen-bond donors (Lipinski definition) is 1. The SMILES string of the molecule is CC(C(=O)NC1CCCCC1)N(CCc1ccccc1)C(=O)Cc1ccccc1[N+](=O)[O-]. The number of carbonyl (C=O) groups is 2. The molecule has 1 aliphatic rings. The normalized spacial score (nSPS) is 15.0. The molecule has 1 fully saturated rings. The lowest BCUT2D eigenvalue weighted by atomic mass is 9.95. The van der Waals surface area contributed by atoms with Crippen molar-refractivity contribution in [2.75, 3.05) is 6.54 Å². The molecule has 32 heavy (non-hydrogen) atoms. The Labute approximate surface area is 189 Å². The van der Waals surface area contributed by atoms with Gasteiger partial charge in [-0.3, -0.25) is 19.7 Å². The molecule has 1 atom stereocenters. The number of nitrogens with zero attached hydrogens (tertiary/aromatic N) is 2. The Kier molecular flexibility index (Phi) is 8.36. The van der Waals surface area contributed by atoms with Crippen LogP contribution in [0.3, 0.4) is 0 Å². The molecule has 0 aliphatic heterocycles. The van der Waals surface area contributed by atoms with Crippen LogP contribution in [0, 0.1) is 10.1 Å². The summed E-state index contributed by atoms with van der Waals surface area (Å²) < 4.78 is 0. The van der Waals surface area contributed by atoms with E-state index in [1.54, 1.807) is 30.0 Å². The summed E-state index contributed by atoms with van der Waals surface area (Å²) in [6.45, 7) is 2.10. The van der Waals surface area contributed by atoms with Crippen LogP contribution in [0.5, 0.6) is 0 Å². The lowest BCUT2D eigenvalue weighted by Gasteiger charge is -2.31. The third kappa shape index (κ3) is 6.39. The van der Waals surface area contributed by atoms with E-state index in [0.29, 0.717) is 18.5 Å². The predicted octanol–water partition coefficient (Wildman–Crippen LogP) is 4.05. The summed E-state index contributed by atoms with van der Waals surface area (Å²) in [4.78, 5) is 38.7. The first-order valence-electron chi connectivity index (χ1n) is 11.3. The zero-order valence-electron chi connectivity index (χ0n) is 18.5. The molecule has 0 radical (unpaired) electrons. The number of carbonyl (C=O) groups excluding carboxylic acids is 2. The van der Waals surface area contributed by atoms with Crippen LogP contribution in [-0.2, 0) is 22.4 Å². The highest BCUT2D eigenvalue weighted by molar-refractivity contribution is 5.88. The minimum atomic E-state index is -0.657. The van der Waals surface area contributed by atoms with Gasteiger partial charge in [-0.2, -0.15) is 0 Å². The molecule has 1 unspecified atom stereocenters. The molecule has 2 aromatic carbocycles. The first-order valence-corrected chi connectivity index (χ1v) is 11.3. The van der Waals surface area contributed by atoms with Crippen molar-refractivity contribution in [2.24, 2.45) is 0 Å². The summed E-state index contributed by atoms with van der Waals surface area (Å²) in [6, 6.07) is 15.5. The van der Waals surface area contributed by atoms with Gasteiger partial charge in [-0.15, -0.1) is 0 Å². The average molecular weight is 438 g/mol. The van der Waals surface area contributed by atoms with Crippen molar-refractivity contribution >= 4 is 17.5 Å². The van der Waals surface area contributed by atoms with E-state index in [9.17, 15) is 19.7 Å². The quantitative estimate of drug-likeness (QED) is 0.473. The zero-order valence-corrected chi connectivity index (χ0v) is 18.5. The number of hydrogen-bond acceptors (Lipinski definition) is 4. The van der Waals surface area contributed by atoms with E-state index in [1.807, 2.05) is 30.3 Å². The number of para-hydroxylation sites is 1. The van der Waals surface area contributed by atoms with Crippen LogP contribution in [0.2, 0.25) is 0 Å². The third-order valence-electron chi connectivity index (χ3n) is 6.13. The minimum absolute atomic E-state index is 0.0804. The molecule has 1 N–H and O–H groups in total. The van der Waals surface area contributed by atoms with Crippen molar-refractivity contribution in [3.8, 4) is 0 Å². The summed E-state index contributed by atoms with van der Waals surface area (Å²) in [5.74, 6) is -0.456. The monoisotopic (exact) mass is 437 g/mol. The van der Waals surface area contributed by atoms with Crippen molar-refractivity contribution in [2.45, 2.75) is 64.0 Å². The highest BCUT2D eigenvalue weighted by Crippen LogP contribution is 2.21. The Morgan fingerprint density at radius 3 is 2.41 bits per heavy atom. The van der Waals surface area contributed by atoms with Gasteiger partial charge in [0.2, 0.25) is 11.8 Å². The van der Waals surface area contributed by atoms with Gasteiger partial charge in [0, 0.05) is 24.2 Å². The van der Waals surface area contributed by atoms with E-state index < -0.39 is 11.0 Å². The maximum Gasteiger partial charge on any atom is 0.273 e. The molecule has 0 saturated heterocycles. The van der Waals surface area contributed by atoms with Crippen molar-refractivity contribution in [1.29, 1.82) is 0 Å². The fraction of sp³-hybridized carbons (Fsp3) is 0.440. The zero-order chi connectivity index (χ0) is 22.9. The molecular weight excluding hydrogens is 406 g/mol. The second kappa shape index (κ2) is 11.4. The standard InChI is InChI=1S/C25H31N3O4/c1-19(25(30)26-22-13-6-3-7-14-22)27(17-16-20-10-4-2-5-11-20)24(29)18-21-12-8-9-15-23(21)28(31)32/h2,4-5,8-12,15,19,22H,3,6-7,13-14,16-18H2,1H3,(H,26,30). The molecule has 1 saturated carbocycles. The average Bonchev–Trinajstić information content (AvgIpc) is 2.80. The number of rotatable bonds is 9. The van der Waals surface area contributed by atoms with E-state index in [-0.39, 0.29) is 30.0 Å². The van der Waals surface area contributed by atoms with Gasteiger partial charge in [0.05, 0.1) is 11.3 Å². The van der Waals surface area contributed by atoms with Crippen molar-refractivity contribution in [3.05, 3.63) is 75.8 Å². The van der Waals surface area contributed by atoms with Crippen molar-refractivity contribution < 1.29 is 14.5 Å². The summed E-state index contributed by atoms with van der Waals surface area (Å²) in [7, 11) is 0. The van der Waals surface area contributed by atoms with Gasteiger partial charge in [0.1, 0.15) is 6.04 Å². The number of amides is 2. The molecule has 7 heteroatoms. The number of nitro groups is 1. The van der Waals surface area contributed by atoms with Crippen molar-refractivity contribution in [1.82, 2.24) is 10.2 Å². The van der Waals surface area contributed by atoms with Gasteiger partial charge in [0.15, 0.2) is 0 Å². The van der Waals surface area contributed by atoms with Gasteiger partial charge in [-0.25, -0.2) is 0 Å². The first-order chi connectivity index (χ1) is 15.5. The lowest BCUT2D eigenvalue weighted by Crippen LogP contribution is -2.51. The second-order valence-corrected chi connectivity index (χ2v) is 8.40. The Balaban J connectivity index is 1.75. The van der Waals surface area contributed by atoms with Gasteiger partial charge in [-0.1, -0.05) is 67.8 Å². The molecule has 0 aromatic heterocycles. The van der Waals surface area contributed by atoms with Crippen LogP contribution in [-0.4, -0.2) is 40.3 Å². The highest BCUT2D eigenvalue weighted by atomic mass is 16.6. The van der Waals surface area contributed by atoms with Crippen LogP contribution >= 0.6 is 0 Å². The maximum absolute atomic E-state index is 13.3. The van der Waals surface area contributed by atoms with Crippen molar-refractivity contribution in [3.63, 3.8) is 0 Å². The Morgan fingerprint density at radius 2 is 1.72 bits per heavy atom. The van der Waals surface area contributed by atoms with Crippen LogP contribution < -0.4 is 5.32 Å². The molecule has 3 rings (SSSR count). The Morgan fingerprint density at radius 1 is 1.06 bits per heavy atom. The fourth-order valence-electron chi connectivity index (χ4n) is 4.24. The summed E-state index contributed by atoms with van der Waals surface area (Å²) in [5.41, 5.74) is 1.34. The molecule has 2 amide bonds. The number of nitrogens with one attached hydrogen (secondary N) is 1. The number of nitro benzene ring substituents is 1. The Hall–Kier alpha value is -3.22. The second-order valence-electron chi connectivity index (χ2n) is 8.40. The summed E-state index contributed by atoms with van der Waals surface area (Å²) in [6.07, 6.45) is 5.82. The molecule has 7 nitrogen and oxygen atoms in total. The molecule has 0 spiro atoms. The fourth-order valence-corrected chi connectivity index (χ4v) is 4.24. The van der Waals surface area contributed by atoms with Crippen LogP contribution in [0.15, 0.2) is 54.6 Å². The summed E-state index contributed by atoms with van der Waals surface area (Å²) >= 11 is 0. The van der Waals surface area contributed by atoms with Crippen LogP contribution in [0.1, 0.15) is 50.2 Å². The van der Waals surface area contributed by atoms with Gasteiger partial charge < -0.3 is 10.2 Å². The largest absolute Gasteiger partial charge is 0.352 e. The maximum atomic E-state index is 13.3.